The number of fused-ring (bicyclic) bond motifs is 1. The molecule has 3 aromatic carbocycles. The van der Waals surface area contributed by atoms with Crippen LogP contribution in [0.3, 0.4) is 0 Å². The van der Waals surface area contributed by atoms with Crippen molar-refractivity contribution in [2.24, 2.45) is 0 Å². The molecule has 3 aromatic rings. The van der Waals surface area contributed by atoms with Crippen molar-refractivity contribution in [3.63, 3.8) is 0 Å². The number of aryl methyl sites for hydroxylation is 1. The molecule has 0 unspecified atom stereocenters. The van der Waals surface area contributed by atoms with E-state index in [9.17, 15) is 17.2 Å². The number of likely N-dealkylation sites (tertiary alicyclic amines) is 1. The van der Waals surface area contributed by atoms with E-state index in [0.717, 1.165) is 78.0 Å². The Labute approximate surface area is 240 Å². The molecule has 0 spiro atoms. The Hall–Kier alpha value is -2.78. The quantitative estimate of drug-likeness (QED) is 0.278. The van der Waals surface area contributed by atoms with Gasteiger partial charge in [-0.3, -0.25) is 9.29 Å². The third-order valence-electron chi connectivity index (χ3n) is 7.59. The minimum absolute atomic E-state index is 0.0706. The van der Waals surface area contributed by atoms with Crippen LogP contribution in [0.2, 0.25) is 5.02 Å². The number of nitrogens with zero attached hydrogens (tertiary/aromatic N) is 1. The number of benzene rings is 3. The summed E-state index contributed by atoms with van der Waals surface area (Å²) >= 11 is 6.50. The van der Waals surface area contributed by atoms with Gasteiger partial charge in [0.2, 0.25) is 10.9 Å². The number of thiol groups is 1. The van der Waals surface area contributed by atoms with Crippen LogP contribution in [-0.2, 0) is 23.9 Å². The number of rotatable bonds is 10. The first-order chi connectivity index (χ1) is 19.4. The van der Waals surface area contributed by atoms with Gasteiger partial charge in [-0.25, -0.2) is 17.5 Å². The van der Waals surface area contributed by atoms with Crippen LogP contribution in [0.5, 0.6) is 5.75 Å². The highest BCUT2D eigenvalue weighted by Gasteiger charge is 2.25. The zero-order valence-corrected chi connectivity index (χ0v) is 23.8. The lowest BCUT2D eigenvalue weighted by Crippen LogP contribution is -2.26. The van der Waals surface area contributed by atoms with Crippen molar-refractivity contribution in [3.8, 4) is 5.75 Å². The fraction of sp³-hybridized carbons (Fsp3) is 0.355. The highest BCUT2D eigenvalue weighted by Crippen LogP contribution is 2.42. The Morgan fingerprint density at radius 2 is 1.88 bits per heavy atom. The van der Waals surface area contributed by atoms with Crippen molar-refractivity contribution in [3.05, 3.63) is 99.3 Å². The Balaban J connectivity index is 1.50. The molecule has 2 aliphatic rings. The van der Waals surface area contributed by atoms with Crippen molar-refractivity contribution in [2.45, 2.75) is 44.8 Å². The number of nitrogens with one attached hydrogen (secondary N) is 1. The number of halogens is 3. The number of alkyl halides is 1. The zero-order chi connectivity index (χ0) is 28.1. The minimum atomic E-state index is -2.68. The van der Waals surface area contributed by atoms with Crippen molar-refractivity contribution in [1.29, 1.82) is 0 Å². The van der Waals surface area contributed by atoms with E-state index in [-0.39, 0.29) is 24.3 Å². The van der Waals surface area contributed by atoms with Gasteiger partial charge in [0.05, 0.1) is 11.7 Å². The maximum absolute atomic E-state index is 14.6. The van der Waals surface area contributed by atoms with Crippen LogP contribution in [0.15, 0.2) is 60.7 Å². The van der Waals surface area contributed by atoms with Gasteiger partial charge >= 0.3 is 0 Å². The van der Waals surface area contributed by atoms with Gasteiger partial charge in [-0.2, -0.15) is 0 Å². The van der Waals surface area contributed by atoms with Crippen LogP contribution in [0.1, 0.15) is 53.5 Å². The van der Waals surface area contributed by atoms with E-state index < -0.39 is 16.7 Å². The summed E-state index contributed by atoms with van der Waals surface area (Å²) in [5, 5.41) is 0.108. The SMILES string of the molecule is O=[SH](=O)NCc1ccc2c(c1)CCCC(c1cccc(F)c1Cl)=C2c1ccc(O[C@H]2CCN(CCCF)C2)cc1. The van der Waals surface area contributed by atoms with Gasteiger partial charge < -0.3 is 4.74 Å². The molecule has 5 nitrogen and oxygen atoms in total. The molecule has 0 saturated carbocycles. The minimum Gasteiger partial charge on any atom is -0.489 e. The molecular formula is C31H33ClF2N2O3S. The summed E-state index contributed by atoms with van der Waals surface area (Å²) in [6.45, 7) is 2.38. The summed E-state index contributed by atoms with van der Waals surface area (Å²) in [6, 6.07) is 18.9. The van der Waals surface area contributed by atoms with Crippen LogP contribution in [0.4, 0.5) is 8.78 Å². The number of hydrogen-bond donors (Lipinski definition) is 2. The highest BCUT2D eigenvalue weighted by atomic mass is 35.5. The van der Waals surface area contributed by atoms with E-state index in [1.165, 1.54) is 6.07 Å². The third kappa shape index (κ3) is 6.74. The van der Waals surface area contributed by atoms with Crippen molar-refractivity contribution >= 4 is 33.6 Å². The lowest BCUT2D eigenvalue weighted by molar-refractivity contribution is 0.198. The van der Waals surface area contributed by atoms with Gasteiger partial charge in [0, 0.05) is 26.2 Å². The second kappa shape index (κ2) is 13.3. The summed E-state index contributed by atoms with van der Waals surface area (Å²) in [6.07, 6.45) is 3.88. The van der Waals surface area contributed by atoms with E-state index in [2.05, 4.69) is 9.62 Å². The molecule has 0 amide bonds. The van der Waals surface area contributed by atoms with Gasteiger partial charge in [-0.1, -0.05) is 54.1 Å². The number of allylic oxidation sites excluding steroid dienone is 1. The molecule has 1 saturated heterocycles. The first-order valence-corrected chi connectivity index (χ1v) is 15.2. The van der Waals surface area contributed by atoms with E-state index in [4.69, 9.17) is 16.3 Å². The molecule has 0 aromatic heterocycles. The predicted octanol–water partition coefficient (Wildman–Crippen LogP) is 6.20. The summed E-state index contributed by atoms with van der Waals surface area (Å²) in [5.74, 6) is 0.318. The van der Waals surface area contributed by atoms with Crippen molar-refractivity contribution in [1.82, 2.24) is 9.62 Å². The molecule has 1 aliphatic heterocycles. The molecule has 0 bridgehead atoms. The highest BCUT2D eigenvalue weighted by molar-refractivity contribution is 7.70. The normalized spacial score (nSPS) is 17.8. The lowest BCUT2D eigenvalue weighted by Gasteiger charge is -2.19. The molecule has 5 rings (SSSR count). The summed E-state index contributed by atoms with van der Waals surface area (Å²) in [7, 11) is -2.68. The van der Waals surface area contributed by atoms with E-state index in [1.807, 2.05) is 48.5 Å². The smallest absolute Gasteiger partial charge is 0.201 e. The van der Waals surface area contributed by atoms with Crippen LogP contribution in [-0.4, -0.2) is 45.7 Å². The first-order valence-electron chi connectivity index (χ1n) is 13.7. The van der Waals surface area contributed by atoms with Crippen LogP contribution >= 0.6 is 11.6 Å². The standard InChI is InChI=1S/C31H33ClF2N2O3S/c32-31-28(6-2-7-29(31)34)27-5-1-4-23-18-21(19-35-40(37)38)8-13-26(23)30(27)22-9-11-24(12-10-22)39-25-14-17-36(20-25)16-3-15-33/h2,6-13,18,25,40H,1,3-5,14-17,19-20H2,(H,35,37,38)/t25-/m0/s1. The summed E-state index contributed by atoms with van der Waals surface area (Å²) < 4.78 is 57.9. The lowest BCUT2D eigenvalue weighted by atomic mass is 9.87. The molecule has 212 valence electrons. The maximum atomic E-state index is 14.6. The molecule has 0 radical (unpaired) electrons. The Morgan fingerprint density at radius 1 is 1.05 bits per heavy atom. The monoisotopic (exact) mass is 586 g/mol. The van der Waals surface area contributed by atoms with Crippen molar-refractivity contribution < 1.29 is 21.9 Å². The predicted molar refractivity (Wildman–Crippen MR) is 156 cm³/mol. The first kappa shape index (κ1) is 28.7. The average molecular weight is 587 g/mol. The van der Waals surface area contributed by atoms with Crippen molar-refractivity contribution in [2.75, 3.05) is 26.3 Å². The van der Waals surface area contributed by atoms with Gasteiger partial charge in [0.15, 0.2) is 0 Å². The fourth-order valence-electron chi connectivity index (χ4n) is 5.72. The van der Waals surface area contributed by atoms with Gasteiger partial charge in [0.1, 0.15) is 17.7 Å². The molecule has 1 heterocycles. The Bertz CT molecular complexity index is 1450. The number of hydrogen-bond acceptors (Lipinski definition) is 4. The van der Waals surface area contributed by atoms with E-state index in [1.54, 1.807) is 6.07 Å². The van der Waals surface area contributed by atoms with Gasteiger partial charge in [-0.05, 0) is 89.3 Å². The molecule has 1 N–H and O–H groups in total. The fourth-order valence-corrected chi connectivity index (χ4v) is 6.27. The van der Waals surface area contributed by atoms with Crippen LogP contribution < -0.4 is 9.46 Å². The average Bonchev–Trinajstić information content (AvgIpc) is 3.31. The zero-order valence-electron chi connectivity index (χ0n) is 22.2. The molecule has 9 heteroatoms. The largest absolute Gasteiger partial charge is 0.489 e. The Kier molecular flexibility index (Phi) is 9.52. The van der Waals surface area contributed by atoms with E-state index >= 15 is 0 Å². The topological polar surface area (TPSA) is 58.6 Å². The van der Waals surface area contributed by atoms with Gasteiger partial charge in [0.25, 0.3) is 0 Å². The summed E-state index contributed by atoms with van der Waals surface area (Å²) in [5.41, 5.74) is 6.62. The van der Waals surface area contributed by atoms with Crippen LogP contribution in [0, 0.1) is 5.82 Å². The second-order valence-corrected chi connectivity index (χ2v) is 11.5. The Morgan fingerprint density at radius 3 is 2.65 bits per heavy atom. The molecule has 1 atom stereocenters. The summed E-state index contributed by atoms with van der Waals surface area (Å²) in [4.78, 5) is 2.24. The van der Waals surface area contributed by atoms with Crippen LogP contribution in [0.25, 0.3) is 11.1 Å². The van der Waals surface area contributed by atoms with Gasteiger partial charge in [-0.15, -0.1) is 0 Å². The molecule has 1 aliphatic carbocycles. The number of ether oxygens (including phenoxy) is 1. The molecular weight excluding hydrogens is 554 g/mol. The molecule has 1 fully saturated rings. The second-order valence-electron chi connectivity index (χ2n) is 10.3. The van der Waals surface area contributed by atoms with E-state index in [0.29, 0.717) is 18.4 Å². The molecule has 40 heavy (non-hydrogen) atoms. The maximum Gasteiger partial charge on any atom is 0.201 e. The third-order valence-corrected chi connectivity index (χ3v) is 8.39.